The van der Waals surface area contributed by atoms with Crippen LogP contribution in [0.15, 0.2) is 17.5 Å². The zero-order valence-electron chi connectivity index (χ0n) is 11.1. The molecule has 1 saturated heterocycles. The molecule has 104 valence electrons. The van der Waals surface area contributed by atoms with E-state index in [1.807, 2.05) is 4.90 Å². The van der Waals surface area contributed by atoms with E-state index in [2.05, 4.69) is 17.5 Å². The van der Waals surface area contributed by atoms with Gasteiger partial charge in [0.1, 0.15) is 0 Å². The lowest BCUT2D eigenvalue weighted by Crippen LogP contribution is -2.30. The molecule has 1 amide bonds. The van der Waals surface area contributed by atoms with Crippen LogP contribution >= 0.6 is 11.3 Å². The number of carbonyl (C=O) groups excluding carboxylic acids is 1. The Kier molecular flexibility index (Phi) is 3.89. The second-order valence-electron chi connectivity index (χ2n) is 5.80. The molecule has 0 radical (unpaired) electrons. The number of hydrogen-bond donors (Lipinski definition) is 1. The van der Waals surface area contributed by atoms with E-state index in [1.54, 1.807) is 11.3 Å². The fraction of sp³-hybridized carbons (Fsp3) is 0.667. The standard InChI is InChI=1S/C15H21NO2S/c17-14-7-6-11-9-16(10-13(11)14)15(18)5-1-3-12-4-2-8-19-12/h2,4,8,11,13-14,17H,1,3,5-7,9-10H2. The molecule has 0 aromatic carbocycles. The molecule has 3 atom stereocenters. The van der Waals surface area contributed by atoms with Crippen LogP contribution in [0.3, 0.4) is 0 Å². The zero-order chi connectivity index (χ0) is 13.2. The van der Waals surface area contributed by atoms with E-state index in [9.17, 15) is 9.90 Å². The minimum atomic E-state index is -0.172. The zero-order valence-corrected chi connectivity index (χ0v) is 11.9. The minimum Gasteiger partial charge on any atom is -0.393 e. The number of hydrogen-bond acceptors (Lipinski definition) is 3. The molecule has 1 aromatic rings. The molecule has 1 aromatic heterocycles. The van der Waals surface area contributed by atoms with Gasteiger partial charge in [0, 0.05) is 30.3 Å². The highest BCUT2D eigenvalue weighted by Gasteiger charge is 2.42. The molecule has 2 heterocycles. The highest BCUT2D eigenvalue weighted by molar-refractivity contribution is 7.09. The molecule has 3 rings (SSSR count). The van der Waals surface area contributed by atoms with Crippen LogP contribution in [0.4, 0.5) is 0 Å². The summed E-state index contributed by atoms with van der Waals surface area (Å²) >= 11 is 1.76. The summed E-state index contributed by atoms with van der Waals surface area (Å²) in [4.78, 5) is 15.5. The highest BCUT2D eigenvalue weighted by Crippen LogP contribution is 2.38. The third-order valence-corrected chi connectivity index (χ3v) is 5.50. The first-order chi connectivity index (χ1) is 9.24. The Hall–Kier alpha value is -0.870. The van der Waals surface area contributed by atoms with Gasteiger partial charge < -0.3 is 10.0 Å². The number of fused-ring (bicyclic) bond motifs is 1. The molecule has 1 N–H and O–H groups in total. The minimum absolute atomic E-state index is 0.172. The van der Waals surface area contributed by atoms with Crippen molar-refractivity contribution in [2.24, 2.45) is 11.8 Å². The Bertz CT molecular complexity index is 431. The number of carbonyl (C=O) groups is 1. The van der Waals surface area contributed by atoms with Crippen molar-refractivity contribution in [1.82, 2.24) is 4.90 Å². The maximum Gasteiger partial charge on any atom is 0.222 e. The summed E-state index contributed by atoms with van der Waals surface area (Å²) in [6.07, 6.45) is 4.43. The lowest BCUT2D eigenvalue weighted by molar-refractivity contribution is -0.130. The van der Waals surface area contributed by atoms with Crippen molar-refractivity contribution >= 4 is 17.2 Å². The van der Waals surface area contributed by atoms with Gasteiger partial charge in [0.05, 0.1) is 6.10 Å². The van der Waals surface area contributed by atoms with Gasteiger partial charge in [-0.1, -0.05) is 6.07 Å². The second-order valence-corrected chi connectivity index (χ2v) is 6.83. The fourth-order valence-electron chi connectivity index (χ4n) is 3.47. The molecule has 2 fully saturated rings. The first-order valence-corrected chi connectivity index (χ1v) is 8.10. The Morgan fingerprint density at radius 1 is 1.42 bits per heavy atom. The maximum atomic E-state index is 12.2. The number of likely N-dealkylation sites (tertiary alicyclic amines) is 1. The van der Waals surface area contributed by atoms with Crippen LogP contribution in [-0.4, -0.2) is 35.1 Å². The summed E-state index contributed by atoms with van der Waals surface area (Å²) in [6.45, 7) is 1.66. The van der Waals surface area contributed by atoms with E-state index in [1.165, 1.54) is 4.88 Å². The Balaban J connectivity index is 1.44. The SMILES string of the molecule is O=C(CCCc1cccs1)N1CC2CCC(O)C2C1. The Morgan fingerprint density at radius 2 is 2.32 bits per heavy atom. The van der Waals surface area contributed by atoms with Crippen LogP contribution in [0, 0.1) is 11.8 Å². The van der Waals surface area contributed by atoms with Crippen molar-refractivity contribution in [3.63, 3.8) is 0 Å². The van der Waals surface area contributed by atoms with Crippen molar-refractivity contribution in [3.05, 3.63) is 22.4 Å². The van der Waals surface area contributed by atoms with Crippen molar-refractivity contribution in [3.8, 4) is 0 Å². The molecule has 2 aliphatic rings. The molecule has 3 unspecified atom stereocenters. The van der Waals surface area contributed by atoms with Crippen molar-refractivity contribution in [2.45, 2.75) is 38.2 Å². The summed E-state index contributed by atoms with van der Waals surface area (Å²) in [6, 6.07) is 4.19. The van der Waals surface area contributed by atoms with E-state index >= 15 is 0 Å². The van der Waals surface area contributed by atoms with Gasteiger partial charge in [-0.15, -0.1) is 11.3 Å². The summed E-state index contributed by atoms with van der Waals surface area (Å²) in [5, 5.41) is 11.9. The smallest absolute Gasteiger partial charge is 0.222 e. The summed E-state index contributed by atoms with van der Waals surface area (Å²) in [5.41, 5.74) is 0. The van der Waals surface area contributed by atoms with Crippen LogP contribution in [0.1, 0.15) is 30.6 Å². The Labute approximate surface area is 118 Å². The van der Waals surface area contributed by atoms with E-state index in [-0.39, 0.29) is 12.0 Å². The van der Waals surface area contributed by atoms with Gasteiger partial charge in [0.15, 0.2) is 0 Å². The lowest BCUT2D eigenvalue weighted by atomic mass is 10.00. The van der Waals surface area contributed by atoms with Gasteiger partial charge in [-0.25, -0.2) is 0 Å². The number of thiophene rings is 1. The second kappa shape index (κ2) is 5.63. The summed E-state index contributed by atoms with van der Waals surface area (Å²) < 4.78 is 0. The van der Waals surface area contributed by atoms with E-state index in [4.69, 9.17) is 0 Å². The quantitative estimate of drug-likeness (QED) is 0.918. The van der Waals surface area contributed by atoms with Gasteiger partial charge in [0.25, 0.3) is 0 Å². The van der Waals surface area contributed by atoms with Crippen molar-refractivity contribution in [2.75, 3.05) is 13.1 Å². The molecule has 0 bridgehead atoms. The monoisotopic (exact) mass is 279 g/mol. The van der Waals surface area contributed by atoms with Gasteiger partial charge in [-0.05, 0) is 43.0 Å². The van der Waals surface area contributed by atoms with Crippen LogP contribution in [0.5, 0.6) is 0 Å². The number of aryl methyl sites for hydroxylation is 1. The number of rotatable bonds is 4. The van der Waals surface area contributed by atoms with Crippen LogP contribution < -0.4 is 0 Å². The predicted molar refractivity (Wildman–Crippen MR) is 76.1 cm³/mol. The topological polar surface area (TPSA) is 40.5 Å². The molecular formula is C15H21NO2S. The third kappa shape index (κ3) is 2.84. The number of amides is 1. The molecule has 1 saturated carbocycles. The molecule has 1 aliphatic carbocycles. The number of aliphatic hydroxyl groups excluding tert-OH is 1. The Morgan fingerprint density at radius 3 is 3.05 bits per heavy atom. The van der Waals surface area contributed by atoms with Gasteiger partial charge in [-0.2, -0.15) is 0 Å². The number of aliphatic hydroxyl groups is 1. The average Bonchev–Trinajstić information content (AvgIpc) is 3.08. The first-order valence-electron chi connectivity index (χ1n) is 7.22. The largest absolute Gasteiger partial charge is 0.393 e. The van der Waals surface area contributed by atoms with Gasteiger partial charge in [0.2, 0.25) is 5.91 Å². The van der Waals surface area contributed by atoms with E-state index < -0.39 is 0 Å². The van der Waals surface area contributed by atoms with Crippen molar-refractivity contribution < 1.29 is 9.90 Å². The lowest BCUT2D eigenvalue weighted by Gasteiger charge is -2.18. The normalized spacial score (nSPS) is 29.7. The molecule has 0 spiro atoms. The van der Waals surface area contributed by atoms with Gasteiger partial charge >= 0.3 is 0 Å². The predicted octanol–water partition coefficient (Wildman–Crippen LogP) is 2.30. The first kappa shape index (κ1) is 13.1. The molecule has 4 heteroatoms. The molecule has 3 nitrogen and oxygen atoms in total. The van der Waals surface area contributed by atoms with E-state index in [0.717, 1.165) is 38.8 Å². The molecule has 1 aliphatic heterocycles. The molecule has 19 heavy (non-hydrogen) atoms. The summed E-state index contributed by atoms with van der Waals surface area (Å²) in [5.74, 6) is 1.18. The van der Waals surface area contributed by atoms with Crippen LogP contribution in [0.2, 0.25) is 0 Å². The van der Waals surface area contributed by atoms with Crippen LogP contribution in [0.25, 0.3) is 0 Å². The average molecular weight is 279 g/mol. The fourth-order valence-corrected chi connectivity index (χ4v) is 4.22. The molecular weight excluding hydrogens is 258 g/mol. The number of nitrogens with zero attached hydrogens (tertiary/aromatic N) is 1. The van der Waals surface area contributed by atoms with Crippen molar-refractivity contribution in [1.29, 1.82) is 0 Å². The maximum absolute atomic E-state index is 12.2. The third-order valence-electron chi connectivity index (χ3n) is 4.57. The summed E-state index contributed by atoms with van der Waals surface area (Å²) in [7, 11) is 0. The highest BCUT2D eigenvalue weighted by atomic mass is 32.1. The van der Waals surface area contributed by atoms with Gasteiger partial charge in [-0.3, -0.25) is 4.79 Å². The van der Waals surface area contributed by atoms with E-state index in [0.29, 0.717) is 18.3 Å². The van der Waals surface area contributed by atoms with Crippen LogP contribution in [-0.2, 0) is 11.2 Å².